The predicted molar refractivity (Wildman–Crippen MR) is 87.0 cm³/mol. The Bertz CT molecular complexity index is 1020. The van der Waals surface area contributed by atoms with Crippen molar-refractivity contribution in [3.63, 3.8) is 0 Å². The minimum absolute atomic E-state index is 0.0802. The fourth-order valence-electron chi connectivity index (χ4n) is 2.28. The quantitative estimate of drug-likeness (QED) is 0.366. The number of nitro groups is 1. The molecule has 144 valence electrons. The maximum atomic E-state index is 13.0. The zero-order chi connectivity index (χ0) is 20.3. The molecule has 0 N–H and O–H groups in total. The molecular formula is C17H10F3N3O5. The van der Waals surface area contributed by atoms with Crippen LogP contribution in [0.1, 0.15) is 21.8 Å². The average molecular weight is 393 g/mol. The van der Waals surface area contributed by atoms with Crippen molar-refractivity contribution < 1.29 is 32.1 Å². The van der Waals surface area contributed by atoms with Crippen molar-refractivity contribution in [2.45, 2.75) is 12.8 Å². The molecule has 1 heterocycles. The number of hydrogen-bond acceptors (Lipinski definition) is 7. The van der Waals surface area contributed by atoms with E-state index in [4.69, 9.17) is 9.26 Å². The van der Waals surface area contributed by atoms with E-state index >= 15 is 0 Å². The van der Waals surface area contributed by atoms with Crippen molar-refractivity contribution in [1.82, 2.24) is 10.1 Å². The van der Waals surface area contributed by atoms with Crippen LogP contribution in [0.5, 0.6) is 0 Å². The molecule has 1 aromatic heterocycles. The topological polar surface area (TPSA) is 108 Å². The Hall–Kier alpha value is -3.76. The molecule has 3 aromatic rings. The Balaban J connectivity index is 1.70. The van der Waals surface area contributed by atoms with E-state index in [0.717, 1.165) is 18.2 Å². The number of alkyl halides is 3. The molecule has 28 heavy (non-hydrogen) atoms. The smallest absolute Gasteiger partial charge is 0.417 e. The summed E-state index contributed by atoms with van der Waals surface area (Å²) in [6, 6.07) is 9.52. The number of nitrogens with zero attached hydrogens (tertiary/aromatic N) is 3. The number of aromatic nitrogens is 2. The Morgan fingerprint density at radius 1 is 1.14 bits per heavy atom. The van der Waals surface area contributed by atoms with Crippen LogP contribution in [0.2, 0.25) is 0 Å². The van der Waals surface area contributed by atoms with Crippen LogP contribution in [0, 0.1) is 10.1 Å². The largest absolute Gasteiger partial charge is 0.452 e. The van der Waals surface area contributed by atoms with Crippen LogP contribution in [0.4, 0.5) is 18.9 Å². The number of esters is 1. The van der Waals surface area contributed by atoms with Crippen LogP contribution >= 0.6 is 0 Å². The summed E-state index contributed by atoms with van der Waals surface area (Å²) in [5.74, 6) is -1.26. The molecule has 0 aliphatic heterocycles. The summed E-state index contributed by atoms with van der Waals surface area (Å²) in [4.78, 5) is 26.0. The molecule has 11 heteroatoms. The Labute approximate surface area is 154 Å². The SMILES string of the molecule is O=C(OCc1nc(-c2ccc([N+](=O)[O-])cc2)no1)c1ccccc1C(F)(F)F. The summed E-state index contributed by atoms with van der Waals surface area (Å²) in [5, 5.41) is 14.3. The van der Waals surface area contributed by atoms with Crippen molar-refractivity contribution in [1.29, 1.82) is 0 Å². The molecule has 0 unspecified atom stereocenters. The lowest BCUT2D eigenvalue weighted by molar-refractivity contribution is -0.384. The van der Waals surface area contributed by atoms with Gasteiger partial charge < -0.3 is 9.26 Å². The highest BCUT2D eigenvalue weighted by Gasteiger charge is 2.35. The second kappa shape index (κ2) is 7.47. The lowest BCUT2D eigenvalue weighted by atomic mass is 10.1. The first-order valence-electron chi connectivity index (χ1n) is 7.66. The molecule has 0 saturated carbocycles. The lowest BCUT2D eigenvalue weighted by Gasteiger charge is -2.11. The number of carbonyl (C=O) groups excluding carboxylic acids is 1. The number of rotatable bonds is 5. The third kappa shape index (κ3) is 4.14. The van der Waals surface area contributed by atoms with Crippen LogP contribution in [0.25, 0.3) is 11.4 Å². The fourth-order valence-corrected chi connectivity index (χ4v) is 2.28. The van der Waals surface area contributed by atoms with Gasteiger partial charge >= 0.3 is 12.1 Å². The van der Waals surface area contributed by atoms with Gasteiger partial charge in [-0.2, -0.15) is 18.2 Å². The maximum absolute atomic E-state index is 13.0. The van der Waals surface area contributed by atoms with Gasteiger partial charge in [0.2, 0.25) is 5.82 Å². The van der Waals surface area contributed by atoms with Crippen LogP contribution in [-0.4, -0.2) is 21.0 Å². The van der Waals surface area contributed by atoms with E-state index in [1.54, 1.807) is 0 Å². The molecule has 0 amide bonds. The Morgan fingerprint density at radius 3 is 2.46 bits per heavy atom. The van der Waals surface area contributed by atoms with Crippen molar-refractivity contribution in [2.75, 3.05) is 0 Å². The van der Waals surface area contributed by atoms with Gasteiger partial charge in [-0.05, 0) is 24.3 Å². The second-order valence-corrected chi connectivity index (χ2v) is 5.44. The normalized spacial score (nSPS) is 11.2. The number of ether oxygens (including phenoxy) is 1. The number of nitro benzene ring substituents is 1. The highest BCUT2D eigenvalue weighted by Crippen LogP contribution is 2.32. The van der Waals surface area contributed by atoms with Gasteiger partial charge in [-0.3, -0.25) is 10.1 Å². The summed E-state index contributed by atoms with van der Waals surface area (Å²) in [7, 11) is 0. The van der Waals surface area contributed by atoms with E-state index in [2.05, 4.69) is 10.1 Å². The van der Waals surface area contributed by atoms with Crippen LogP contribution in [0.3, 0.4) is 0 Å². The molecule has 0 saturated heterocycles. The lowest BCUT2D eigenvalue weighted by Crippen LogP contribution is -2.15. The summed E-state index contributed by atoms with van der Waals surface area (Å²) in [6.45, 7) is -0.537. The van der Waals surface area contributed by atoms with E-state index in [0.29, 0.717) is 5.56 Å². The van der Waals surface area contributed by atoms with E-state index in [1.165, 1.54) is 30.3 Å². The van der Waals surface area contributed by atoms with E-state index in [1.807, 2.05) is 0 Å². The summed E-state index contributed by atoms with van der Waals surface area (Å²) >= 11 is 0. The average Bonchev–Trinajstić information content (AvgIpc) is 3.14. The molecule has 0 spiro atoms. The summed E-state index contributed by atoms with van der Waals surface area (Å²) < 4.78 is 48.6. The molecule has 0 fully saturated rings. The van der Waals surface area contributed by atoms with Gasteiger partial charge in [0.15, 0.2) is 6.61 Å². The Morgan fingerprint density at radius 2 is 1.82 bits per heavy atom. The molecule has 3 rings (SSSR count). The second-order valence-electron chi connectivity index (χ2n) is 5.44. The number of benzene rings is 2. The molecule has 0 aliphatic carbocycles. The molecular weight excluding hydrogens is 383 g/mol. The molecule has 0 bridgehead atoms. The van der Waals surface area contributed by atoms with E-state index < -0.39 is 34.8 Å². The van der Waals surface area contributed by atoms with Gasteiger partial charge in [0.05, 0.1) is 16.1 Å². The zero-order valence-electron chi connectivity index (χ0n) is 13.8. The third-order valence-electron chi connectivity index (χ3n) is 3.58. The first kappa shape index (κ1) is 19.0. The Kier molecular flexibility index (Phi) is 5.07. The van der Waals surface area contributed by atoms with Crippen molar-refractivity contribution in [2.24, 2.45) is 0 Å². The van der Waals surface area contributed by atoms with Gasteiger partial charge in [-0.15, -0.1) is 0 Å². The van der Waals surface area contributed by atoms with Crippen molar-refractivity contribution in [3.05, 3.63) is 75.7 Å². The molecule has 0 atom stereocenters. The third-order valence-corrected chi connectivity index (χ3v) is 3.58. The molecule has 8 nitrogen and oxygen atoms in total. The zero-order valence-corrected chi connectivity index (χ0v) is 13.8. The summed E-state index contributed by atoms with van der Waals surface area (Å²) in [6.07, 6.45) is -4.71. The molecule has 0 radical (unpaired) electrons. The number of non-ortho nitro benzene ring substituents is 1. The van der Waals surface area contributed by atoms with Crippen LogP contribution in [0.15, 0.2) is 53.1 Å². The van der Waals surface area contributed by atoms with Gasteiger partial charge in [-0.1, -0.05) is 17.3 Å². The summed E-state index contributed by atoms with van der Waals surface area (Å²) in [5.41, 5.74) is -1.46. The van der Waals surface area contributed by atoms with E-state index in [9.17, 15) is 28.1 Å². The standard InChI is InChI=1S/C17H10F3N3O5/c18-17(19,20)13-4-2-1-3-12(13)16(24)27-9-14-21-15(22-28-14)10-5-7-11(8-6-10)23(25)26/h1-8H,9H2. The van der Waals surface area contributed by atoms with Gasteiger partial charge in [0, 0.05) is 17.7 Å². The first-order chi connectivity index (χ1) is 13.3. The monoisotopic (exact) mass is 393 g/mol. The number of halogens is 3. The number of hydrogen-bond donors (Lipinski definition) is 0. The van der Waals surface area contributed by atoms with Gasteiger partial charge in [0.1, 0.15) is 0 Å². The minimum atomic E-state index is -4.71. The highest BCUT2D eigenvalue weighted by molar-refractivity contribution is 5.91. The predicted octanol–water partition coefficient (Wildman–Crippen LogP) is 4.02. The highest BCUT2D eigenvalue weighted by atomic mass is 19.4. The number of carbonyl (C=O) groups is 1. The molecule has 2 aromatic carbocycles. The first-order valence-corrected chi connectivity index (χ1v) is 7.66. The van der Waals surface area contributed by atoms with E-state index in [-0.39, 0.29) is 17.4 Å². The van der Waals surface area contributed by atoms with Crippen molar-refractivity contribution >= 4 is 11.7 Å². The van der Waals surface area contributed by atoms with Gasteiger partial charge in [0.25, 0.3) is 11.6 Å². The van der Waals surface area contributed by atoms with Crippen LogP contribution < -0.4 is 0 Å². The minimum Gasteiger partial charge on any atom is -0.452 e. The van der Waals surface area contributed by atoms with Gasteiger partial charge in [-0.25, -0.2) is 4.79 Å². The van der Waals surface area contributed by atoms with Crippen LogP contribution in [-0.2, 0) is 17.5 Å². The maximum Gasteiger partial charge on any atom is 0.417 e. The fraction of sp³-hybridized carbons (Fsp3) is 0.118. The van der Waals surface area contributed by atoms with Crippen molar-refractivity contribution in [3.8, 4) is 11.4 Å². The molecule has 0 aliphatic rings.